The fourth-order valence-corrected chi connectivity index (χ4v) is 3.08. The highest BCUT2D eigenvalue weighted by atomic mass is 35.5. The number of aliphatic carboxylic acids is 1. The summed E-state index contributed by atoms with van der Waals surface area (Å²) in [5, 5.41) is 13.4. The monoisotopic (exact) mass is 369 g/mol. The molecule has 0 aliphatic rings. The summed E-state index contributed by atoms with van der Waals surface area (Å²) in [6, 6.07) is 8.74. The Morgan fingerprint density at radius 1 is 1.35 bits per heavy atom. The van der Waals surface area contributed by atoms with E-state index in [1.165, 1.54) is 12.4 Å². The number of halogens is 1. The van der Waals surface area contributed by atoms with Gasteiger partial charge in [0.15, 0.2) is 0 Å². The smallest absolute Gasteiger partial charge is 0.323 e. The van der Waals surface area contributed by atoms with Gasteiger partial charge in [0.05, 0.1) is 17.4 Å². The van der Waals surface area contributed by atoms with E-state index < -0.39 is 5.97 Å². The number of aromatic nitrogens is 4. The molecule has 0 bridgehead atoms. The summed E-state index contributed by atoms with van der Waals surface area (Å²) in [6.45, 7) is -0.144. The number of nitrogens with zero attached hydrogens (tertiary/aromatic N) is 3. The normalized spacial score (nSPS) is 11.1. The quantitative estimate of drug-likeness (QED) is 0.477. The molecule has 3 aromatic heterocycles. The summed E-state index contributed by atoms with van der Waals surface area (Å²) < 4.78 is 1.63. The van der Waals surface area contributed by atoms with E-state index in [2.05, 4.69) is 20.3 Å². The zero-order valence-corrected chi connectivity index (χ0v) is 14.0. The minimum atomic E-state index is -0.930. The largest absolute Gasteiger partial charge is 0.480 e. The summed E-state index contributed by atoms with van der Waals surface area (Å²) in [7, 11) is 0. The second kappa shape index (κ2) is 6.16. The first-order chi connectivity index (χ1) is 12.5. The lowest BCUT2D eigenvalue weighted by atomic mass is 10.2. The molecule has 4 aromatic rings. The molecule has 26 heavy (non-hydrogen) atoms. The van der Waals surface area contributed by atoms with Gasteiger partial charge in [-0.05, 0) is 18.2 Å². The Kier molecular flexibility index (Phi) is 3.81. The van der Waals surface area contributed by atoms with Crippen molar-refractivity contribution in [3.05, 3.63) is 58.4 Å². The lowest BCUT2D eigenvalue weighted by molar-refractivity contribution is -0.137. The SMILES string of the molecule is O=C(O)Cn1ccc2c(Nc3nc(Cl)cc4nc[nH]c(=O)c34)cccc21. The molecule has 0 saturated heterocycles. The van der Waals surface area contributed by atoms with Gasteiger partial charge in [0.1, 0.15) is 22.9 Å². The molecule has 0 aliphatic carbocycles. The maximum absolute atomic E-state index is 12.2. The minimum Gasteiger partial charge on any atom is -0.480 e. The molecule has 0 amide bonds. The summed E-state index contributed by atoms with van der Waals surface area (Å²) in [5.74, 6) is -0.652. The standard InChI is InChI=1S/C17H12ClN5O3/c18-13-6-11-15(17(26)20-8-19-11)16(22-13)21-10-2-1-3-12-9(10)4-5-23(12)7-14(24)25/h1-6,8H,7H2,(H,21,22)(H,24,25)(H,19,20,26). The molecule has 9 heteroatoms. The number of pyridine rings is 1. The van der Waals surface area contributed by atoms with Crippen LogP contribution in [0.25, 0.3) is 21.8 Å². The van der Waals surface area contributed by atoms with Crippen molar-refractivity contribution in [2.24, 2.45) is 0 Å². The first-order valence-corrected chi connectivity index (χ1v) is 8.01. The summed E-state index contributed by atoms with van der Waals surface area (Å²) in [5.41, 5.74) is 1.51. The van der Waals surface area contributed by atoms with E-state index >= 15 is 0 Å². The Morgan fingerprint density at radius 2 is 2.19 bits per heavy atom. The van der Waals surface area contributed by atoms with Crippen LogP contribution in [0.15, 0.2) is 47.7 Å². The van der Waals surface area contributed by atoms with Crippen molar-refractivity contribution in [3.63, 3.8) is 0 Å². The molecule has 4 rings (SSSR count). The number of benzene rings is 1. The molecule has 0 unspecified atom stereocenters. The molecule has 3 heterocycles. The molecular formula is C17H12ClN5O3. The lowest BCUT2D eigenvalue weighted by Gasteiger charge is -2.10. The molecule has 0 spiro atoms. The van der Waals surface area contributed by atoms with Crippen LogP contribution in [0.4, 0.5) is 11.5 Å². The predicted octanol–water partition coefficient (Wildman–Crippen LogP) is 2.75. The second-order valence-electron chi connectivity index (χ2n) is 5.62. The summed E-state index contributed by atoms with van der Waals surface area (Å²) in [6.07, 6.45) is 3.00. The van der Waals surface area contributed by atoms with Crippen LogP contribution in [0.3, 0.4) is 0 Å². The predicted molar refractivity (Wildman–Crippen MR) is 98.0 cm³/mol. The molecule has 0 aliphatic heterocycles. The van der Waals surface area contributed by atoms with Gasteiger partial charge in [-0.15, -0.1) is 0 Å². The number of H-pyrrole nitrogens is 1. The highest BCUT2D eigenvalue weighted by Crippen LogP contribution is 2.29. The molecule has 0 radical (unpaired) electrons. The van der Waals surface area contributed by atoms with Crippen LogP contribution in [-0.2, 0) is 11.3 Å². The molecule has 8 nitrogen and oxygen atoms in total. The Labute approximate surface area is 151 Å². The van der Waals surface area contributed by atoms with Gasteiger partial charge in [-0.25, -0.2) is 9.97 Å². The van der Waals surface area contributed by atoms with Crippen molar-refractivity contribution >= 4 is 50.9 Å². The number of aromatic amines is 1. The number of hydrogen-bond donors (Lipinski definition) is 3. The molecule has 0 fully saturated rings. The maximum atomic E-state index is 12.2. The summed E-state index contributed by atoms with van der Waals surface area (Å²) in [4.78, 5) is 34.1. The second-order valence-corrected chi connectivity index (χ2v) is 6.01. The number of rotatable bonds is 4. The number of carboxylic acid groups (broad SMARTS) is 1. The first-order valence-electron chi connectivity index (χ1n) is 7.63. The fraction of sp³-hybridized carbons (Fsp3) is 0.0588. The lowest BCUT2D eigenvalue weighted by Crippen LogP contribution is -2.10. The molecule has 0 saturated carbocycles. The number of carboxylic acids is 1. The van der Waals surface area contributed by atoms with E-state index in [-0.39, 0.29) is 23.1 Å². The van der Waals surface area contributed by atoms with Gasteiger partial charge in [-0.3, -0.25) is 9.59 Å². The number of nitrogens with one attached hydrogen (secondary N) is 2. The van der Waals surface area contributed by atoms with Crippen LogP contribution < -0.4 is 10.9 Å². The molecule has 130 valence electrons. The zero-order chi connectivity index (χ0) is 18.3. The third kappa shape index (κ3) is 2.76. The number of fused-ring (bicyclic) bond motifs is 2. The van der Waals surface area contributed by atoms with E-state index in [1.807, 2.05) is 12.1 Å². The van der Waals surface area contributed by atoms with Crippen LogP contribution in [0.2, 0.25) is 5.15 Å². The third-order valence-electron chi connectivity index (χ3n) is 3.97. The van der Waals surface area contributed by atoms with Crippen molar-refractivity contribution in [2.75, 3.05) is 5.32 Å². The van der Waals surface area contributed by atoms with Crippen LogP contribution in [-0.4, -0.2) is 30.6 Å². The van der Waals surface area contributed by atoms with Crippen LogP contribution in [0.5, 0.6) is 0 Å². The summed E-state index contributed by atoms with van der Waals surface area (Å²) >= 11 is 6.05. The number of anilines is 2. The fourth-order valence-electron chi connectivity index (χ4n) is 2.89. The van der Waals surface area contributed by atoms with Gasteiger partial charge in [0.2, 0.25) is 0 Å². The van der Waals surface area contributed by atoms with Gasteiger partial charge in [0.25, 0.3) is 5.56 Å². The number of carbonyl (C=O) groups is 1. The van der Waals surface area contributed by atoms with Crippen molar-refractivity contribution in [3.8, 4) is 0 Å². The average Bonchev–Trinajstić information content (AvgIpc) is 2.98. The van der Waals surface area contributed by atoms with Crippen molar-refractivity contribution in [2.45, 2.75) is 6.54 Å². The van der Waals surface area contributed by atoms with Crippen LogP contribution in [0.1, 0.15) is 0 Å². The van der Waals surface area contributed by atoms with Gasteiger partial charge in [0, 0.05) is 23.3 Å². The van der Waals surface area contributed by atoms with Gasteiger partial charge >= 0.3 is 5.97 Å². The minimum absolute atomic E-state index is 0.144. The zero-order valence-electron chi connectivity index (χ0n) is 13.2. The van der Waals surface area contributed by atoms with Crippen LogP contribution in [0, 0.1) is 0 Å². The first kappa shape index (κ1) is 16.1. The average molecular weight is 370 g/mol. The van der Waals surface area contributed by atoms with E-state index in [9.17, 15) is 9.59 Å². The van der Waals surface area contributed by atoms with E-state index in [1.54, 1.807) is 22.9 Å². The van der Waals surface area contributed by atoms with Gasteiger partial charge < -0.3 is 20.0 Å². The van der Waals surface area contributed by atoms with Crippen LogP contribution >= 0.6 is 11.6 Å². The number of hydrogen-bond acceptors (Lipinski definition) is 5. The highest BCUT2D eigenvalue weighted by molar-refractivity contribution is 6.30. The van der Waals surface area contributed by atoms with Crippen molar-refractivity contribution in [1.82, 2.24) is 19.5 Å². The molecular weight excluding hydrogens is 358 g/mol. The Hall–Kier alpha value is -3.39. The highest BCUT2D eigenvalue weighted by Gasteiger charge is 2.13. The van der Waals surface area contributed by atoms with E-state index in [4.69, 9.17) is 16.7 Å². The maximum Gasteiger partial charge on any atom is 0.323 e. The van der Waals surface area contributed by atoms with Gasteiger partial charge in [-0.1, -0.05) is 17.7 Å². The Balaban J connectivity index is 1.86. The van der Waals surface area contributed by atoms with Crippen molar-refractivity contribution < 1.29 is 9.90 Å². The molecule has 0 atom stereocenters. The Morgan fingerprint density at radius 3 is 3.00 bits per heavy atom. The molecule has 1 aromatic carbocycles. The van der Waals surface area contributed by atoms with E-state index in [0.29, 0.717) is 16.6 Å². The van der Waals surface area contributed by atoms with Gasteiger partial charge in [-0.2, -0.15) is 0 Å². The van der Waals surface area contributed by atoms with Crippen molar-refractivity contribution in [1.29, 1.82) is 0 Å². The third-order valence-corrected chi connectivity index (χ3v) is 4.16. The topological polar surface area (TPSA) is 113 Å². The molecule has 3 N–H and O–H groups in total. The Bertz CT molecular complexity index is 1210. The van der Waals surface area contributed by atoms with E-state index in [0.717, 1.165) is 10.9 Å².